The second-order valence-electron chi connectivity index (χ2n) is 5.94. The summed E-state index contributed by atoms with van der Waals surface area (Å²) in [5, 5.41) is 3.44. The zero-order valence-electron chi connectivity index (χ0n) is 13.3. The van der Waals surface area contributed by atoms with Gasteiger partial charge in [-0.25, -0.2) is 4.98 Å². The lowest BCUT2D eigenvalue weighted by Crippen LogP contribution is -2.31. The van der Waals surface area contributed by atoms with E-state index in [0.717, 1.165) is 37.7 Å². The third-order valence-electron chi connectivity index (χ3n) is 4.14. The van der Waals surface area contributed by atoms with Gasteiger partial charge in [0.2, 0.25) is 0 Å². The lowest BCUT2D eigenvalue weighted by atomic mass is 10.2. The van der Waals surface area contributed by atoms with E-state index in [9.17, 15) is 0 Å². The van der Waals surface area contributed by atoms with Crippen LogP contribution in [0.4, 0.5) is 5.82 Å². The highest BCUT2D eigenvalue weighted by atomic mass is 15.3. The molecule has 0 amide bonds. The van der Waals surface area contributed by atoms with Crippen LogP contribution in [0.25, 0.3) is 0 Å². The van der Waals surface area contributed by atoms with Gasteiger partial charge >= 0.3 is 0 Å². The smallest absolute Gasteiger partial charge is 0.128 e. The molecule has 112 valence electrons. The number of likely N-dealkylation sites (N-methyl/N-ethyl adjacent to an activating group) is 1. The van der Waals surface area contributed by atoms with E-state index in [1.54, 1.807) is 0 Å². The molecule has 1 fully saturated rings. The van der Waals surface area contributed by atoms with Crippen LogP contribution in [0.3, 0.4) is 0 Å². The summed E-state index contributed by atoms with van der Waals surface area (Å²) in [6, 6.07) is 5.06. The van der Waals surface area contributed by atoms with Gasteiger partial charge in [-0.15, -0.1) is 0 Å². The number of pyridine rings is 1. The first-order valence-corrected chi connectivity index (χ1v) is 7.70. The first-order chi connectivity index (χ1) is 9.61. The van der Waals surface area contributed by atoms with Crippen LogP contribution in [0.15, 0.2) is 12.1 Å². The maximum absolute atomic E-state index is 4.80. The van der Waals surface area contributed by atoms with Crippen molar-refractivity contribution in [3.63, 3.8) is 0 Å². The summed E-state index contributed by atoms with van der Waals surface area (Å²) in [7, 11) is 4.32. The Labute approximate surface area is 123 Å². The molecule has 0 radical (unpaired) electrons. The van der Waals surface area contributed by atoms with E-state index < -0.39 is 0 Å². The van der Waals surface area contributed by atoms with Gasteiger partial charge in [0.1, 0.15) is 5.82 Å². The second kappa shape index (κ2) is 7.04. The molecule has 1 aromatic heterocycles. The van der Waals surface area contributed by atoms with Crippen molar-refractivity contribution in [3.05, 3.63) is 23.4 Å². The Morgan fingerprint density at radius 3 is 2.80 bits per heavy atom. The van der Waals surface area contributed by atoms with Crippen LogP contribution < -0.4 is 10.2 Å². The number of hydrogen-bond acceptors (Lipinski definition) is 4. The van der Waals surface area contributed by atoms with Gasteiger partial charge in [-0.1, -0.05) is 13.0 Å². The SMILES string of the molecule is CCCNCc1ccc(N2CCC(N(C)C)C2)nc1C. The molecule has 1 N–H and O–H groups in total. The van der Waals surface area contributed by atoms with Crippen LogP contribution in [0, 0.1) is 6.92 Å². The molecule has 0 spiro atoms. The van der Waals surface area contributed by atoms with Gasteiger partial charge in [0.25, 0.3) is 0 Å². The zero-order chi connectivity index (χ0) is 14.5. The van der Waals surface area contributed by atoms with Gasteiger partial charge in [-0.05, 0) is 52.0 Å². The summed E-state index contributed by atoms with van der Waals surface area (Å²) in [6.45, 7) is 8.50. The Morgan fingerprint density at radius 2 is 2.20 bits per heavy atom. The molecule has 1 aliphatic rings. The summed E-state index contributed by atoms with van der Waals surface area (Å²) in [5.41, 5.74) is 2.46. The fraction of sp³-hybridized carbons (Fsp3) is 0.688. The highest BCUT2D eigenvalue weighted by molar-refractivity contribution is 5.43. The minimum absolute atomic E-state index is 0.656. The van der Waals surface area contributed by atoms with Gasteiger partial charge < -0.3 is 15.1 Å². The van der Waals surface area contributed by atoms with Gasteiger partial charge in [0.05, 0.1) is 0 Å². The van der Waals surface area contributed by atoms with Crippen LogP contribution in [0.2, 0.25) is 0 Å². The highest BCUT2D eigenvalue weighted by Gasteiger charge is 2.24. The molecule has 0 aromatic carbocycles. The van der Waals surface area contributed by atoms with Crippen LogP contribution >= 0.6 is 0 Å². The van der Waals surface area contributed by atoms with Crippen molar-refractivity contribution in [2.24, 2.45) is 0 Å². The molecule has 1 aromatic rings. The van der Waals surface area contributed by atoms with Crippen molar-refractivity contribution in [2.75, 3.05) is 38.6 Å². The molecule has 1 atom stereocenters. The molecule has 0 bridgehead atoms. The van der Waals surface area contributed by atoms with Crippen molar-refractivity contribution in [1.29, 1.82) is 0 Å². The molecule has 2 rings (SSSR count). The number of aromatic nitrogens is 1. The van der Waals surface area contributed by atoms with E-state index in [0.29, 0.717) is 6.04 Å². The molecular formula is C16H28N4. The lowest BCUT2D eigenvalue weighted by Gasteiger charge is -2.21. The number of nitrogens with zero attached hydrogens (tertiary/aromatic N) is 3. The minimum Gasteiger partial charge on any atom is -0.355 e. The Kier molecular flexibility index (Phi) is 5.38. The van der Waals surface area contributed by atoms with Crippen molar-refractivity contribution >= 4 is 5.82 Å². The summed E-state index contributed by atoms with van der Waals surface area (Å²) in [4.78, 5) is 9.51. The van der Waals surface area contributed by atoms with Crippen LogP contribution in [0.1, 0.15) is 31.0 Å². The monoisotopic (exact) mass is 276 g/mol. The van der Waals surface area contributed by atoms with E-state index in [2.05, 4.69) is 55.2 Å². The molecule has 1 saturated heterocycles. The molecule has 4 nitrogen and oxygen atoms in total. The largest absolute Gasteiger partial charge is 0.355 e. The molecular weight excluding hydrogens is 248 g/mol. The minimum atomic E-state index is 0.656. The van der Waals surface area contributed by atoms with Crippen LogP contribution in [0.5, 0.6) is 0 Å². The Hall–Kier alpha value is -1.13. The number of nitrogens with one attached hydrogen (secondary N) is 1. The molecule has 4 heteroatoms. The number of rotatable bonds is 6. The Bertz CT molecular complexity index is 430. The average Bonchev–Trinajstić information content (AvgIpc) is 2.90. The first-order valence-electron chi connectivity index (χ1n) is 7.70. The normalized spacial score (nSPS) is 19.1. The van der Waals surface area contributed by atoms with E-state index in [-0.39, 0.29) is 0 Å². The third-order valence-corrected chi connectivity index (χ3v) is 4.14. The Balaban J connectivity index is 1.98. The molecule has 20 heavy (non-hydrogen) atoms. The quantitative estimate of drug-likeness (QED) is 0.806. The molecule has 1 aliphatic heterocycles. The van der Waals surface area contributed by atoms with E-state index in [4.69, 9.17) is 4.98 Å². The van der Waals surface area contributed by atoms with Crippen LogP contribution in [-0.2, 0) is 6.54 Å². The number of anilines is 1. The third kappa shape index (κ3) is 3.70. The van der Waals surface area contributed by atoms with E-state index >= 15 is 0 Å². The predicted molar refractivity (Wildman–Crippen MR) is 85.3 cm³/mol. The van der Waals surface area contributed by atoms with Gasteiger partial charge in [-0.3, -0.25) is 0 Å². The Morgan fingerprint density at radius 1 is 1.40 bits per heavy atom. The van der Waals surface area contributed by atoms with Crippen molar-refractivity contribution < 1.29 is 0 Å². The number of hydrogen-bond donors (Lipinski definition) is 1. The van der Waals surface area contributed by atoms with Crippen molar-refractivity contribution in [2.45, 2.75) is 39.3 Å². The first kappa shape index (κ1) is 15.3. The second-order valence-corrected chi connectivity index (χ2v) is 5.94. The maximum atomic E-state index is 4.80. The fourth-order valence-corrected chi connectivity index (χ4v) is 2.71. The topological polar surface area (TPSA) is 31.4 Å². The van der Waals surface area contributed by atoms with Crippen LogP contribution in [-0.4, -0.2) is 49.7 Å². The highest BCUT2D eigenvalue weighted by Crippen LogP contribution is 2.21. The summed E-state index contributed by atoms with van der Waals surface area (Å²) in [5.74, 6) is 1.13. The summed E-state index contributed by atoms with van der Waals surface area (Å²) >= 11 is 0. The van der Waals surface area contributed by atoms with E-state index in [1.807, 2.05) is 0 Å². The van der Waals surface area contributed by atoms with Gasteiger partial charge in [-0.2, -0.15) is 0 Å². The molecule has 2 heterocycles. The van der Waals surface area contributed by atoms with E-state index in [1.165, 1.54) is 18.4 Å². The summed E-state index contributed by atoms with van der Waals surface area (Å²) in [6.07, 6.45) is 2.40. The zero-order valence-corrected chi connectivity index (χ0v) is 13.3. The molecule has 1 unspecified atom stereocenters. The summed E-state index contributed by atoms with van der Waals surface area (Å²) < 4.78 is 0. The lowest BCUT2D eigenvalue weighted by molar-refractivity contribution is 0.315. The molecule has 0 saturated carbocycles. The predicted octanol–water partition coefficient (Wildman–Crippen LogP) is 2.03. The van der Waals surface area contributed by atoms with Crippen molar-refractivity contribution in [3.8, 4) is 0 Å². The molecule has 0 aliphatic carbocycles. The fourth-order valence-electron chi connectivity index (χ4n) is 2.71. The van der Waals surface area contributed by atoms with Gasteiger partial charge in [0, 0.05) is 31.4 Å². The van der Waals surface area contributed by atoms with Crippen molar-refractivity contribution in [1.82, 2.24) is 15.2 Å². The maximum Gasteiger partial charge on any atom is 0.128 e. The standard InChI is InChI=1S/C16H28N4/c1-5-9-17-11-14-6-7-16(18-13(14)2)20-10-8-15(12-20)19(3)4/h6-7,15,17H,5,8-12H2,1-4H3. The average molecular weight is 276 g/mol. The number of aryl methyl sites for hydroxylation is 1. The van der Waals surface area contributed by atoms with Gasteiger partial charge in [0.15, 0.2) is 0 Å².